The normalized spacial score (nSPS) is 13.2. The minimum atomic E-state index is -3.81. The molecule has 1 atom stereocenters. The molecule has 0 radical (unpaired) electrons. The lowest BCUT2D eigenvalue weighted by Gasteiger charge is -2.27. The van der Waals surface area contributed by atoms with Crippen LogP contribution in [0.5, 0.6) is 0 Å². The van der Waals surface area contributed by atoms with Gasteiger partial charge in [-0.25, -0.2) is 17.9 Å². The molecule has 4 rings (SSSR count). The Morgan fingerprint density at radius 3 is 2.37 bits per heavy atom. The lowest BCUT2D eigenvalue weighted by Crippen LogP contribution is -2.40. The maximum Gasteiger partial charge on any atom is 0.404 e. The molecule has 3 N–H and O–H groups in total. The zero-order chi connectivity index (χ0) is 29.8. The first-order valence-electron chi connectivity index (χ1n) is 12.8. The largest absolute Gasteiger partial charge is 0.448 e. The van der Waals surface area contributed by atoms with Gasteiger partial charge in [-0.3, -0.25) is 0 Å². The molecule has 0 bridgehead atoms. The van der Waals surface area contributed by atoms with Crippen LogP contribution in [-0.2, 0) is 26.6 Å². The number of hydrogen-bond donors (Lipinski definition) is 2. The van der Waals surface area contributed by atoms with Crippen LogP contribution in [0.4, 0.5) is 4.79 Å². The number of nitriles is 1. The number of ether oxygens (including phenoxy) is 1. The fraction of sp³-hybridized carbons (Fsp3) is 0.267. The Morgan fingerprint density at radius 2 is 1.76 bits per heavy atom. The van der Waals surface area contributed by atoms with Gasteiger partial charge in [0.1, 0.15) is 12.0 Å². The molecule has 10 nitrogen and oxygen atoms in total. The molecule has 0 aliphatic heterocycles. The number of aromatic nitrogens is 2. The van der Waals surface area contributed by atoms with E-state index in [2.05, 4.69) is 20.9 Å². The number of benzene rings is 3. The predicted octanol–water partition coefficient (Wildman–Crippen LogP) is 4.89. The molecule has 1 heterocycles. The summed E-state index contributed by atoms with van der Waals surface area (Å²) in [6, 6.07) is 23.3. The van der Waals surface area contributed by atoms with Gasteiger partial charge >= 0.3 is 6.09 Å². The van der Waals surface area contributed by atoms with Gasteiger partial charge in [0.05, 0.1) is 11.0 Å². The number of aryl methyl sites for hydroxylation is 1. The molecule has 4 aromatic rings. The van der Waals surface area contributed by atoms with Crippen LogP contribution in [0.1, 0.15) is 37.8 Å². The number of hydrogen-bond acceptors (Lipinski definition) is 8. The molecule has 0 saturated carbocycles. The Hall–Kier alpha value is -4.53. The van der Waals surface area contributed by atoms with Crippen molar-refractivity contribution < 1.29 is 22.5 Å². The minimum Gasteiger partial charge on any atom is -0.448 e. The molecule has 0 spiro atoms. The van der Waals surface area contributed by atoms with Crippen LogP contribution < -0.4 is 10.5 Å². The van der Waals surface area contributed by atoms with Crippen molar-refractivity contribution in [2.45, 2.75) is 50.0 Å². The summed E-state index contributed by atoms with van der Waals surface area (Å²) in [6.45, 7) is 6.73. The van der Waals surface area contributed by atoms with Crippen molar-refractivity contribution in [1.29, 1.82) is 5.26 Å². The summed E-state index contributed by atoms with van der Waals surface area (Å²) in [6.07, 6.45) is -0.816. The van der Waals surface area contributed by atoms with Crippen LogP contribution in [-0.4, -0.2) is 36.8 Å². The Labute approximate surface area is 239 Å². The Balaban J connectivity index is 1.72. The molecule has 3 aromatic carbocycles. The average molecular weight is 574 g/mol. The van der Waals surface area contributed by atoms with E-state index in [1.54, 1.807) is 76.2 Å². The number of sulfonamides is 1. The molecule has 1 amide bonds. The summed E-state index contributed by atoms with van der Waals surface area (Å²) >= 11 is 0. The van der Waals surface area contributed by atoms with Crippen LogP contribution >= 0.6 is 0 Å². The molecule has 1 aromatic heterocycles. The third-order valence-corrected chi connectivity index (χ3v) is 8.08. The zero-order valence-corrected chi connectivity index (χ0v) is 24.0. The van der Waals surface area contributed by atoms with Crippen molar-refractivity contribution >= 4 is 16.1 Å². The second-order valence-corrected chi connectivity index (χ2v) is 12.4. The molecule has 1 unspecified atom stereocenters. The van der Waals surface area contributed by atoms with Gasteiger partial charge < -0.3 is 15.0 Å². The summed E-state index contributed by atoms with van der Waals surface area (Å²) < 4.78 is 39.3. The highest BCUT2D eigenvalue weighted by Crippen LogP contribution is 2.34. The molecule has 0 saturated heterocycles. The summed E-state index contributed by atoms with van der Waals surface area (Å²) in [5, 5.41) is 14.4. The van der Waals surface area contributed by atoms with Gasteiger partial charge in [-0.2, -0.15) is 10.2 Å². The molecular weight excluding hydrogens is 542 g/mol. The number of amides is 1. The quantitative estimate of drug-likeness (QED) is 0.286. The van der Waals surface area contributed by atoms with Crippen molar-refractivity contribution in [3.8, 4) is 28.6 Å². The van der Waals surface area contributed by atoms with E-state index in [0.29, 0.717) is 34.0 Å². The molecular formula is C30H31N5O5S. The maximum atomic E-state index is 13.2. The molecule has 11 heteroatoms. The first-order valence-corrected chi connectivity index (χ1v) is 14.3. The second-order valence-electron chi connectivity index (χ2n) is 10.7. The standard InChI is InChI=1S/C30H31N5O5S/c1-20-33-27(34-40-20)23-9-7-8-21(16-23)17-30(18-31,19-39-28(32)36)24-14-12-22(13-15-24)25-10-5-6-11-26(25)41(37,38)35-29(2,3)4/h5-16,35H,17,19H2,1-4H3,(H2,32,36). The van der Waals surface area contributed by atoms with E-state index in [9.17, 15) is 18.5 Å². The van der Waals surface area contributed by atoms with Gasteiger partial charge in [0.25, 0.3) is 0 Å². The van der Waals surface area contributed by atoms with Gasteiger partial charge in [0.2, 0.25) is 21.7 Å². The first kappa shape index (κ1) is 29.5. The highest BCUT2D eigenvalue weighted by molar-refractivity contribution is 7.89. The first-order chi connectivity index (χ1) is 19.3. The van der Waals surface area contributed by atoms with Gasteiger partial charge in [0.15, 0.2) is 0 Å². The number of nitrogens with one attached hydrogen (secondary N) is 1. The predicted molar refractivity (Wildman–Crippen MR) is 153 cm³/mol. The van der Waals surface area contributed by atoms with E-state index in [-0.39, 0.29) is 17.9 Å². The van der Waals surface area contributed by atoms with Crippen molar-refractivity contribution in [3.63, 3.8) is 0 Å². The molecule has 41 heavy (non-hydrogen) atoms. The highest BCUT2D eigenvalue weighted by atomic mass is 32.2. The number of nitrogens with zero attached hydrogens (tertiary/aromatic N) is 3. The van der Waals surface area contributed by atoms with Gasteiger partial charge in [0, 0.05) is 23.6 Å². The van der Waals surface area contributed by atoms with Crippen LogP contribution in [0.3, 0.4) is 0 Å². The zero-order valence-electron chi connectivity index (χ0n) is 23.2. The van der Waals surface area contributed by atoms with Crippen molar-refractivity contribution in [2.75, 3.05) is 6.61 Å². The number of nitrogens with two attached hydrogens (primary N) is 1. The fourth-order valence-electron chi connectivity index (χ4n) is 4.52. The lowest BCUT2D eigenvalue weighted by molar-refractivity contribution is 0.136. The van der Waals surface area contributed by atoms with E-state index in [1.807, 2.05) is 24.3 Å². The topological polar surface area (TPSA) is 161 Å². The summed E-state index contributed by atoms with van der Waals surface area (Å²) in [7, 11) is -3.81. The number of carbonyl (C=O) groups excluding carboxylic acids is 1. The minimum absolute atomic E-state index is 0.139. The average Bonchev–Trinajstić information content (AvgIpc) is 3.36. The van der Waals surface area contributed by atoms with E-state index in [1.165, 1.54) is 0 Å². The number of primary amides is 1. The SMILES string of the molecule is Cc1nc(-c2cccc(CC(C#N)(COC(N)=O)c3ccc(-c4ccccc4S(=O)(=O)NC(C)(C)C)cc3)c2)no1. The monoisotopic (exact) mass is 573 g/mol. The Bertz CT molecular complexity index is 1700. The van der Waals surface area contributed by atoms with Gasteiger partial charge in [-0.05, 0) is 56.0 Å². The molecule has 0 aliphatic carbocycles. The van der Waals surface area contributed by atoms with E-state index < -0.39 is 27.1 Å². The third kappa shape index (κ3) is 6.98. The molecule has 0 fully saturated rings. The maximum absolute atomic E-state index is 13.2. The van der Waals surface area contributed by atoms with Crippen LogP contribution in [0, 0.1) is 18.3 Å². The molecule has 212 valence electrons. The van der Waals surface area contributed by atoms with Gasteiger partial charge in [-0.15, -0.1) is 0 Å². The van der Waals surface area contributed by atoms with Gasteiger partial charge in [-0.1, -0.05) is 65.8 Å². The summed E-state index contributed by atoms with van der Waals surface area (Å²) in [5.74, 6) is 0.842. The van der Waals surface area contributed by atoms with Crippen LogP contribution in [0.2, 0.25) is 0 Å². The van der Waals surface area contributed by atoms with Crippen LogP contribution in [0.25, 0.3) is 22.5 Å². The van der Waals surface area contributed by atoms with E-state index in [4.69, 9.17) is 15.0 Å². The van der Waals surface area contributed by atoms with Crippen molar-refractivity contribution in [1.82, 2.24) is 14.9 Å². The highest BCUT2D eigenvalue weighted by Gasteiger charge is 2.35. The fourth-order valence-corrected chi connectivity index (χ4v) is 6.17. The third-order valence-electron chi connectivity index (χ3n) is 6.26. The molecule has 0 aliphatic rings. The smallest absolute Gasteiger partial charge is 0.404 e. The Kier molecular flexibility index (Phi) is 8.28. The summed E-state index contributed by atoms with van der Waals surface area (Å²) in [4.78, 5) is 16.0. The summed E-state index contributed by atoms with van der Waals surface area (Å²) in [5.41, 5.74) is 6.51. The van der Waals surface area contributed by atoms with Crippen LogP contribution in [0.15, 0.2) is 82.2 Å². The Morgan fingerprint density at radius 1 is 1.05 bits per heavy atom. The second kappa shape index (κ2) is 11.5. The van der Waals surface area contributed by atoms with Crippen molar-refractivity contribution in [2.24, 2.45) is 5.73 Å². The number of rotatable bonds is 9. The van der Waals surface area contributed by atoms with E-state index >= 15 is 0 Å². The lowest BCUT2D eigenvalue weighted by atomic mass is 9.77. The number of carbonyl (C=O) groups is 1. The van der Waals surface area contributed by atoms with Crippen molar-refractivity contribution in [3.05, 3.63) is 89.8 Å². The van der Waals surface area contributed by atoms with E-state index in [0.717, 1.165) is 5.56 Å².